The third kappa shape index (κ3) is 4.36. The summed E-state index contributed by atoms with van der Waals surface area (Å²) < 4.78 is 5.78. The zero-order valence-corrected chi connectivity index (χ0v) is 13.7. The Balaban J connectivity index is 1.64. The van der Waals surface area contributed by atoms with Crippen LogP contribution in [0.1, 0.15) is 24.8 Å². The zero-order chi connectivity index (χ0) is 16.8. The summed E-state index contributed by atoms with van der Waals surface area (Å²) in [5.74, 6) is 0.818. The number of piperidine rings is 1. The fourth-order valence-corrected chi connectivity index (χ4v) is 3.14. The van der Waals surface area contributed by atoms with Gasteiger partial charge >= 0.3 is 5.97 Å². The Kier molecular flexibility index (Phi) is 5.49. The average Bonchev–Trinajstić information content (AvgIpc) is 2.62. The van der Waals surface area contributed by atoms with Gasteiger partial charge in [-0.1, -0.05) is 36.8 Å². The topological polar surface area (TPSA) is 49.8 Å². The first-order chi connectivity index (χ1) is 11.7. The SMILES string of the molecule is O=C(O)C(Cc1ccc(Oc2ccccc2)cc1)N1CCCCC1. The summed E-state index contributed by atoms with van der Waals surface area (Å²) >= 11 is 0. The smallest absolute Gasteiger partial charge is 0.321 e. The van der Waals surface area contributed by atoms with Gasteiger partial charge in [0.25, 0.3) is 0 Å². The molecule has 126 valence electrons. The molecule has 0 amide bonds. The van der Waals surface area contributed by atoms with Crippen LogP contribution in [0, 0.1) is 0 Å². The standard InChI is InChI=1S/C20H23NO3/c22-20(23)19(21-13-5-2-6-14-21)15-16-9-11-18(12-10-16)24-17-7-3-1-4-8-17/h1,3-4,7-12,19H,2,5-6,13-15H2,(H,22,23). The molecule has 0 aromatic heterocycles. The highest BCUT2D eigenvalue weighted by Gasteiger charge is 2.26. The van der Waals surface area contributed by atoms with Crippen LogP contribution in [0.15, 0.2) is 54.6 Å². The molecule has 2 aromatic rings. The van der Waals surface area contributed by atoms with E-state index in [1.165, 1.54) is 6.42 Å². The molecule has 2 aromatic carbocycles. The maximum absolute atomic E-state index is 11.6. The van der Waals surface area contributed by atoms with E-state index >= 15 is 0 Å². The number of para-hydroxylation sites is 1. The fourth-order valence-electron chi connectivity index (χ4n) is 3.14. The second kappa shape index (κ2) is 7.97. The number of hydrogen-bond donors (Lipinski definition) is 1. The lowest BCUT2D eigenvalue weighted by atomic mass is 10.0. The van der Waals surface area contributed by atoms with Gasteiger partial charge in [0.1, 0.15) is 17.5 Å². The summed E-state index contributed by atoms with van der Waals surface area (Å²) in [6.07, 6.45) is 3.91. The molecule has 3 rings (SSSR count). The van der Waals surface area contributed by atoms with Gasteiger partial charge in [0, 0.05) is 0 Å². The average molecular weight is 325 g/mol. The van der Waals surface area contributed by atoms with Crippen LogP contribution in [-0.2, 0) is 11.2 Å². The van der Waals surface area contributed by atoms with E-state index in [2.05, 4.69) is 4.90 Å². The molecule has 0 saturated carbocycles. The van der Waals surface area contributed by atoms with E-state index in [-0.39, 0.29) is 0 Å². The van der Waals surface area contributed by atoms with Crippen LogP contribution in [-0.4, -0.2) is 35.1 Å². The van der Waals surface area contributed by atoms with E-state index in [0.717, 1.165) is 43.0 Å². The van der Waals surface area contributed by atoms with Crippen molar-refractivity contribution in [1.82, 2.24) is 4.90 Å². The van der Waals surface area contributed by atoms with E-state index in [9.17, 15) is 9.90 Å². The molecule has 4 heteroatoms. The molecule has 1 saturated heterocycles. The van der Waals surface area contributed by atoms with Gasteiger partial charge in [-0.2, -0.15) is 0 Å². The van der Waals surface area contributed by atoms with Crippen molar-refractivity contribution in [1.29, 1.82) is 0 Å². The Bertz CT molecular complexity index is 648. The van der Waals surface area contributed by atoms with E-state index in [4.69, 9.17) is 4.74 Å². The third-order valence-corrected chi connectivity index (χ3v) is 4.45. The number of aliphatic carboxylic acids is 1. The van der Waals surface area contributed by atoms with Crippen LogP contribution < -0.4 is 4.74 Å². The minimum Gasteiger partial charge on any atom is -0.480 e. The second-order valence-corrected chi connectivity index (χ2v) is 6.21. The van der Waals surface area contributed by atoms with Gasteiger partial charge < -0.3 is 9.84 Å². The second-order valence-electron chi connectivity index (χ2n) is 6.21. The molecule has 4 nitrogen and oxygen atoms in total. The Labute approximate surface area is 142 Å². The Hall–Kier alpha value is -2.33. The molecule has 0 bridgehead atoms. The summed E-state index contributed by atoms with van der Waals surface area (Å²) in [6, 6.07) is 16.9. The molecule has 1 heterocycles. The molecule has 1 aliphatic heterocycles. The quantitative estimate of drug-likeness (QED) is 0.873. The van der Waals surface area contributed by atoms with Crippen LogP contribution >= 0.6 is 0 Å². The van der Waals surface area contributed by atoms with Crippen molar-refractivity contribution in [3.05, 3.63) is 60.2 Å². The van der Waals surface area contributed by atoms with Crippen molar-refractivity contribution in [3.8, 4) is 11.5 Å². The van der Waals surface area contributed by atoms with E-state index in [1.54, 1.807) is 0 Å². The van der Waals surface area contributed by atoms with Crippen LogP contribution in [0.5, 0.6) is 11.5 Å². The van der Waals surface area contributed by atoms with Gasteiger partial charge in [0.05, 0.1) is 0 Å². The first-order valence-corrected chi connectivity index (χ1v) is 8.51. The highest BCUT2D eigenvalue weighted by atomic mass is 16.5. The highest BCUT2D eigenvalue weighted by molar-refractivity contribution is 5.74. The van der Waals surface area contributed by atoms with Crippen molar-refractivity contribution < 1.29 is 14.6 Å². The minimum absolute atomic E-state index is 0.439. The summed E-state index contributed by atoms with van der Waals surface area (Å²) in [7, 11) is 0. The number of carboxylic acid groups (broad SMARTS) is 1. The van der Waals surface area contributed by atoms with Gasteiger partial charge in [-0.05, 0) is 62.2 Å². The predicted molar refractivity (Wildman–Crippen MR) is 93.5 cm³/mol. The van der Waals surface area contributed by atoms with Crippen molar-refractivity contribution >= 4 is 5.97 Å². The normalized spacial score (nSPS) is 16.5. The van der Waals surface area contributed by atoms with Gasteiger partial charge in [-0.15, -0.1) is 0 Å². The van der Waals surface area contributed by atoms with Crippen molar-refractivity contribution in [2.45, 2.75) is 31.7 Å². The van der Waals surface area contributed by atoms with Gasteiger partial charge in [0.15, 0.2) is 0 Å². The molecule has 1 unspecified atom stereocenters. The number of benzene rings is 2. The summed E-state index contributed by atoms with van der Waals surface area (Å²) in [4.78, 5) is 13.7. The van der Waals surface area contributed by atoms with Crippen molar-refractivity contribution in [2.24, 2.45) is 0 Å². The van der Waals surface area contributed by atoms with Crippen LogP contribution in [0.25, 0.3) is 0 Å². The van der Waals surface area contributed by atoms with Gasteiger partial charge in [0.2, 0.25) is 0 Å². The zero-order valence-electron chi connectivity index (χ0n) is 13.7. The first kappa shape index (κ1) is 16.5. The molecule has 0 radical (unpaired) electrons. The fraction of sp³-hybridized carbons (Fsp3) is 0.350. The number of ether oxygens (including phenoxy) is 1. The van der Waals surface area contributed by atoms with Crippen LogP contribution in [0.3, 0.4) is 0 Å². The highest BCUT2D eigenvalue weighted by Crippen LogP contribution is 2.22. The number of likely N-dealkylation sites (tertiary alicyclic amines) is 1. The maximum atomic E-state index is 11.6. The van der Waals surface area contributed by atoms with Crippen molar-refractivity contribution in [3.63, 3.8) is 0 Å². The lowest BCUT2D eigenvalue weighted by molar-refractivity contribution is -0.143. The maximum Gasteiger partial charge on any atom is 0.321 e. The molecule has 0 aliphatic carbocycles. The van der Waals surface area contributed by atoms with Crippen LogP contribution in [0.2, 0.25) is 0 Å². The molecule has 24 heavy (non-hydrogen) atoms. The number of hydrogen-bond acceptors (Lipinski definition) is 3. The summed E-state index contributed by atoms with van der Waals surface area (Å²) in [5, 5.41) is 9.57. The largest absolute Gasteiger partial charge is 0.480 e. The molecule has 1 N–H and O–H groups in total. The van der Waals surface area contributed by atoms with Crippen LogP contribution in [0.4, 0.5) is 0 Å². The van der Waals surface area contributed by atoms with E-state index in [1.807, 2.05) is 54.6 Å². The molecular weight excluding hydrogens is 302 g/mol. The molecule has 1 fully saturated rings. The molecule has 0 spiro atoms. The van der Waals surface area contributed by atoms with E-state index in [0.29, 0.717) is 6.42 Å². The monoisotopic (exact) mass is 325 g/mol. The lowest BCUT2D eigenvalue weighted by Gasteiger charge is -2.32. The number of carboxylic acids is 1. The Morgan fingerprint density at radius 3 is 2.21 bits per heavy atom. The Morgan fingerprint density at radius 2 is 1.58 bits per heavy atom. The number of nitrogens with zero attached hydrogens (tertiary/aromatic N) is 1. The van der Waals surface area contributed by atoms with Crippen molar-refractivity contribution in [2.75, 3.05) is 13.1 Å². The number of carbonyl (C=O) groups is 1. The van der Waals surface area contributed by atoms with Gasteiger partial charge in [-0.3, -0.25) is 9.69 Å². The summed E-state index contributed by atoms with van der Waals surface area (Å²) in [6.45, 7) is 1.76. The first-order valence-electron chi connectivity index (χ1n) is 8.51. The molecule has 1 atom stereocenters. The third-order valence-electron chi connectivity index (χ3n) is 4.45. The number of rotatable bonds is 6. The van der Waals surface area contributed by atoms with Gasteiger partial charge in [-0.25, -0.2) is 0 Å². The van der Waals surface area contributed by atoms with E-state index < -0.39 is 12.0 Å². The minimum atomic E-state index is -0.735. The predicted octanol–water partition coefficient (Wildman–Crippen LogP) is 3.96. The summed E-state index contributed by atoms with van der Waals surface area (Å²) in [5.41, 5.74) is 1.02. The lowest BCUT2D eigenvalue weighted by Crippen LogP contribution is -2.45. The Morgan fingerprint density at radius 1 is 0.958 bits per heavy atom. The molecular formula is C20H23NO3. The molecule has 1 aliphatic rings.